The molecule has 160 valence electrons. The molecule has 0 spiro atoms. The molecule has 7 nitrogen and oxygen atoms in total. The summed E-state index contributed by atoms with van der Waals surface area (Å²) < 4.78 is 11.2. The molecule has 1 aromatic carbocycles. The molecule has 1 heterocycles. The van der Waals surface area contributed by atoms with Crippen molar-refractivity contribution in [2.24, 2.45) is 5.92 Å². The normalized spacial score (nSPS) is 13.9. The van der Waals surface area contributed by atoms with Crippen molar-refractivity contribution in [1.29, 1.82) is 0 Å². The van der Waals surface area contributed by atoms with Crippen LogP contribution in [0.4, 0.5) is 4.79 Å². The Kier molecular flexibility index (Phi) is 8.22. The standard InChI is InChI=1S/C22H33N3O4/c1-15(2)19(25-21(27)29-22(3,4)5)20-24-13-18(28-20)12-23-17(14-26)11-16-9-7-6-8-10-16/h6-10,13,15,17,19,23,26H,11-12,14H2,1-5H3,(H,25,27)/t17-,19-/m0/s1. The van der Waals surface area contributed by atoms with Crippen LogP contribution in [0, 0.1) is 5.92 Å². The molecule has 7 heteroatoms. The van der Waals surface area contributed by atoms with Crippen LogP contribution < -0.4 is 10.6 Å². The second kappa shape index (κ2) is 10.4. The molecule has 0 bridgehead atoms. The quantitative estimate of drug-likeness (QED) is 0.592. The first-order valence-corrected chi connectivity index (χ1v) is 10.00. The largest absolute Gasteiger partial charge is 0.444 e. The highest BCUT2D eigenvalue weighted by molar-refractivity contribution is 5.68. The molecule has 2 aromatic rings. The third kappa shape index (κ3) is 7.87. The van der Waals surface area contributed by atoms with Gasteiger partial charge >= 0.3 is 6.09 Å². The van der Waals surface area contributed by atoms with E-state index in [2.05, 4.69) is 15.6 Å². The predicted molar refractivity (Wildman–Crippen MR) is 111 cm³/mol. The zero-order chi connectivity index (χ0) is 21.4. The number of carbonyl (C=O) groups is 1. The predicted octanol–water partition coefficient (Wildman–Crippen LogP) is 3.59. The van der Waals surface area contributed by atoms with Crippen molar-refractivity contribution in [2.45, 2.75) is 65.3 Å². The highest BCUT2D eigenvalue weighted by Crippen LogP contribution is 2.22. The fourth-order valence-corrected chi connectivity index (χ4v) is 2.84. The lowest BCUT2D eigenvalue weighted by Gasteiger charge is -2.24. The Morgan fingerprint density at radius 1 is 1.24 bits per heavy atom. The van der Waals surface area contributed by atoms with Gasteiger partial charge in [0.15, 0.2) is 0 Å². The molecule has 3 N–H and O–H groups in total. The molecular formula is C22H33N3O4. The van der Waals surface area contributed by atoms with E-state index in [1.165, 1.54) is 0 Å². The smallest absolute Gasteiger partial charge is 0.408 e. The SMILES string of the molecule is CC(C)[C@H](NC(=O)OC(C)(C)C)c1ncc(CN[C@H](CO)Cc2ccccc2)o1. The second-order valence-corrected chi connectivity index (χ2v) is 8.48. The van der Waals surface area contributed by atoms with Crippen LogP contribution in [0.1, 0.15) is 57.9 Å². The van der Waals surface area contributed by atoms with Crippen molar-refractivity contribution in [3.8, 4) is 0 Å². The molecule has 0 aliphatic rings. The highest BCUT2D eigenvalue weighted by Gasteiger charge is 2.26. The van der Waals surface area contributed by atoms with E-state index in [9.17, 15) is 9.90 Å². The van der Waals surface area contributed by atoms with Crippen molar-refractivity contribution in [2.75, 3.05) is 6.61 Å². The summed E-state index contributed by atoms with van der Waals surface area (Å²) in [5.41, 5.74) is 0.578. The molecular weight excluding hydrogens is 370 g/mol. The molecule has 1 amide bonds. The lowest BCUT2D eigenvalue weighted by molar-refractivity contribution is 0.0478. The molecule has 1 aromatic heterocycles. The van der Waals surface area contributed by atoms with Crippen LogP contribution in [-0.4, -0.2) is 34.4 Å². The first kappa shape index (κ1) is 22.9. The summed E-state index contributed by atoms with van der Waals surface area (Å²) in [5.74, 6) is 1.15. The zero-order valence-electron chi connectivity index (χ0n) is 17.9. The Labute approximate surface area is 172 Å². The lowest BCUT2D eigenvalue weighted by Crippen LogP contribution is -2.37. The van der Waals surface area contributed by atoms with E-state index < -0.39 is 17.7 Å². The van der Waals surface area contributed by atoms with Crippen LogP contribution in [-0.2, 0) is 17.7 Å². The van der Waals surface area contributed by atoms with Gasteiger partial charge in [-0.05, 0) is 38.7 Å². The molecule has 2 atom stereocenters. The van der Waals surface area contributed by atoms with Crippen molar-refractivity contribution in [1.82, 2.24) is 15.6 Å². The van der Waals surface area contributed by atoms with Crippen molar-refractivity contribution < 1.29 is 19.1 Å². The molecule has 0 saturated heterocycles. The summed E-state index contributed by atoms with van der Waals surface area (Å²) in [4.78, 5) is 16.5. The van der Waals surface area contributed by atoms with E-state index in [4.69, 9.17) is 9.15 Å². The molecule has 0 saturated carbocycles. The maximum absolute atomic E-state index is 12.1. The maximum Gasteiger partial charge on any atom is 0.408 e. The third-order valence-corrected chi connectivity index (χ3v) is 4.29. The summed E-state index contributed by atoms with van der Waals surface area (Å²) in [7, 11) is 0. The molecule has 29 heavy (non-hydrogen) atoms. The number of nitrogens with one attached hydrogen (secondary N) is 2. The minimum atomic E-state index is -0.574. The molecule has 0 aliphatic heterocycles. The number of oxazole rings is 1. The number of nitrogens with zero attached hydrogens (tertiary/aromatic N) is 1. The first-order chi connectivity index (χ1) is 13.7. The zero-order valence-corrected chi connectivity index (χ0v) is 17.9. The number of hydrogen-bond acceptors (Lipinski definition) is 6. The number of rotatable bonds is 9. The van der Waals surface area contributed by atoms with Gasteiger partial charge in [-0.3, -0.25) is 0 Å². The number of ether oxygens (including phenoxy) is 1. The van der Waals surface area contributed by atoms with Gasteiger partial charge in [-0.15, -0.1) is 0 Å². The highest BCUT2D eigenvalue weighted by atomic mass is 16.6. The molecule has 0 fully saturated rings. The maximum atomic E-state index is 12.1. The monoisotopic (exact) mass is 403 g/mol. The van der Waals surface area contributed by atoms with E-state index >= 15 is 0 Å². The minimum absolute atomic E-state index is 0.0186. The average Bonchev–Trinajstić information content (AvgIpc) is 3.11. The van der Waals surface area contributed by atoms with Gasteiger partial charge in [-0.2, -0.15) is 0 Å². The van der Waals surface area contributed by atoms with E-state index in [1.54, 1.807) is 6.20 Å². The van der Waals surface area contributed by atoms with Gasteiger partial charge in [-0.1, -0.05) is 44.2 Å². The lowest BCUT2D eigenvalue weighted by atomic mass is 10.1. The number of benzene rings is 1. The summed E-state index contributed by atoms with van der Waals surface area (Å²) in [6.07, 6.45) is 1.86. The van der Waals surface area contributed by atoms with Crippen LogP contribution >= 0.6 is 0 Å². The fraction of sp³-hybridized carbons (Fsp3) is 0.545. The van der Waals surface area contributed by atoms with Crippen LogP contribution in [0.3, 0.4) is 0 Å². The van der Waals surface area contributed by atoms with Crippen LogP contribution in [0.15, 0.2) is 40.9 Å². The van der Waals surface area contributed by atoms with E-state index in [-0.39, 0.29) is 18.6 Å². The van der Waals surface area contributed by atoms with Gasteiger partial charge in [0, 0.05) is 6.04 Å². The molecule has 0 aliphatic carbocycles. The van der Waals surface area contributed by atoms with Gasteiger partial charge < -0.3 is 24.9 Å². The van der Waals surface area contributed by atoms with Gasteiger partial charge in [0.25, 0.3) is 0 Å². The number of aliphatic hydroxyl groups excluding tert-OH is 1. The van der Waals surface area contributed by atoms with Crippen molar-refractivity contribution in [3.05, 3.63) is 53.7 Å². The molecule has 0 radical (unpaired) electrons. The Bertz CT molecular complexity index is 753. The van der Waals surface area contributed by atoms with Crippen LogP contribution in [0.2, 0.25) is 0 Å². The molecule has 0 unspecified atom stereocenters. The number of carbonyl (C=O) groups excluding carboxylic acids is 1. The minimum Gasteiger partial charge on any atom is -0.444 e. The number of amides is 1. The van der Waals surface area contributed by atoms with Crippen LogP contribution in [0.25, 0.3) is 0 Å². The van der Waals surface area contributed by atoms with Crippen LogP contribution in [0.5, 0.6) is 0 Å². The van der Waals surface area contributed by atoms with E-state index in [0.717, 1.165) is 5.56 Å². The Morgan fingerprint density at radius 3 is 2.52 bits per heavy atom. The second-order valence-electron chi connectivity index (χ2n) is 8.48. The number of alkyl carbamates (subject to hydrolysis) is 1. The average molecular weight is 404 g/mol. The first-order valence-electron chi connectivity index (χ1n) is 10.00. The number of aliphatic hydroxyl groups is 1. The van der Waals surface area contributed by atoms with Crippen molar-refractivity contribution >= 4 is 6.09 Å². The summed E-state index contributed by atoms with van der Waals surface area (Å²) in [6, 6.07) is 9.52. The van der Waals surface area contributed by atoms with Gasteiger partial charge in [0.05, 0.1) is 19.3 Å². The van der Waals surface area contributed by atoms with Gasteiger partial charge in [0.1, 0.15) is 17.4 Å². The summed E-state index contributed by atoms with van der Waals surface area (Å²) in [5, 5.41) is 15.8. The third-order valence-electron chi connectivity index (χ3n) is 4.29. The number of aromatic nitrogens is 1. The molecule has 2 rings (SSSR count). The Balaban J connectivity index is 1.95. The number of hydrogen-bond donors (Lipinski definition) is 3. The van der Waals surface area contributed by atoms with Gasteiger partial charge in [0.2, 0.25) is 5.89 Å². The summed E-state index contributed by atoms with van der Waals surface area (Å²) in [6.45, 7) is 9.86. The Hall–Kier alpha value is -2.38. The van der Waals surface area contributed by atoms with E-state index in [0.29, 0.717) is 24.6 Å². The topological polar surface area (TPSA) is 96.6 Å². The Morgan fingerprint density at radius 2 is 1.93 bits per heavy atom. The summed E-state index contributed by atoms with van der Waals surface area (Å²) >= 11 is 0. The fourth-order valence-electron chi connectivity index (χ4n) is 2.84. The van der Waals surface area contributed by atoms with E-state index in [1.807, 2.05) is 65.0 Å². The van der Waals surface area contributed by atoms with Crippen molar-refractivity contribution in [3.63, 3.8) is 0 Å². The van der Waals surface area contributed by atoms with Gasteiger partial charge in [-0.25, -0.2) is 9.78 Å².